The van der Waals surface area contributed by atoms with Gasteiger partial charge in [-0.3, -0.25) is 14.6 Å². The maximum atomic E-state index is 13.8. The third kappa shape index (κ3) is 6.59. The van der Waals surface area contributed by atoms with Crippen LogP contribution in [-0.4, -0.2) is 47.2 Å². The Morgan fingerprint density at radius 2 is 1.83 bits per heavy atom. The van der Waals surface area contributed by atoms with Crippen LogP contribution in [0.25, 0.3) is 22.2 Å². The Morgan fingerprint density at radius 3 is 2.41 bits per heavy atom. The molecule has 2 heterocycles. The molecule has 1 atom stereocenters. The lowest BCUT2D eigenvalue weighted by Crippen LogP contribution is -2.49. The second-order valence-corrected chi connectivity index (χ2v) is 11.1. The molecule has 0 bridgehead atoms. The molecule has 9 nitrogen and oxygen atoms in total. The largest absolute Gasteiger partial charge is 0.494 e. The number of nitrogens with zero attached hydrogens (tertiary/aromatic N) is 2. The maximum Gasteiger partial charge on any atom is 0.417 e. The molecular formula is C33H32F4N4O5. The summed E-state index contributed by atoms with van der Waals surface area (Å²) in [5, 5.41) is 15.0. The highest BCUT2D eigenvalue weighted by atomic mass is 19.4. The first-order chi connectivity index (χ1) is 21.8. The predicted molar refractivity (Wildman–Crippen MR) is 161 cm³/mol. The Balaban J connectivity index is 1.55. The van der Waals surface area contributed by atoms with Crippen molar-refractivity contribution in [2.24, 2.45) is 11.7 Å². The van der Waals surface area contributed by atoms with Crippen LogP contribution in [0.5, 0.6) is 11.5 Å². The van der Waals surface area contributed by atoms with E-state index in [2.05, 4.69) is 10.3 Å². The molecule has 1 aliphatic carbocycles. The molecule has 2 aromatic carbocycles. The number of hydrogen-bond acceptors (Lipinski definition) is 7. The molecule has 13 heteroatoms. The SMILES string of the molecule is CCOc1c(CC(N)=O)cc([C@@](O)(CNC(=O)c2cc(OC)c3ncc(C(F)(F)F)cc3c2)C2CCC2)nc1-c1ccc(F)cc1. The number of aliphatic hydroxyl groups is 1. The van der Waals surface area contributed by atoms with Crippen LogP contribution >= 0.6 is 0 Å². The molecule has 0 saturated heterocycles. The number of carbonyl (C=O) groups excluding carboxylic acids is 2. The second kappa shape index (κ2) is 12.9. The lowest BCUT2D eigenvalue weighted by molar-refractivity contribution is -0.137. The summed E-state index contributed by atoms with van der Waals surface area (Å²) in [5.41, 5.74) is 4.20. The summed E-state index contributed by atoms with van der Waals surface area (Å²) >= 11 is 0. The van der Waals surface area contributed by atoms with Crippen LogP contribution in [0.2, 0.25) is 0 Å². The quantitative estimate of drug-likeness (QED) is 0.189. The highest BCUT2D eigenvalue weighted by Gasteiger charge is 2.44. The number of methoxy groups -OCH3 is 1. The molecule has 0 aliphatic heterocycles. The summed E-state index contributed by atoms with van der Waals surface area (Å²) in [6.07, 6.45) is -2.12. The first-order valence-corrected chi connectivity index (χ1v) is 14.6. The number of rotatable bonds is 11. The average Bonchev–Trinajstić information content (AvgIpc) is 2.98. The number of halogens is 4. The van der Waals surface area contributed by atoms with Gasteiger partial charge in [0, 0.05) is 28.3 Å². The lowest BCUT2D eigenvalue weighted by Gasteiger charge is -2.41. The molecule has 1 saturated carbocycles. The topological polar surface area (TPSA) is 137 Å². The van der Waals surface area contributed by atoms with Crippen LogP contribution in [0.4, 0.5) is 17.6 Å². The van der Waals surface area contributed by atoms with E-state index in [0.717, 1.165) is 12.5 Å². The van der Waals surface area contributed by atoms with E-state index in [-0.39, 0.29) is 64.8 Å². The highest BCUT2D eigenvalue weighted by molar-refractivity contribution is 6.00. The number of pyridine rings is 2. The van der Waals surface area contributed by atoms with Crippen molar-refractivity contribution < 1.29 is 41.7 Å². The van der Waals surface area contributed by atoms with Gasteiger partial charge < -0.3 is 25.6 Å². The molecule has 4 aromatic rings. The van der Waals surface area contributed by atoms with Gasteiger partial charge in [0.1, 0.15) is 34.1 Å². The summed E-state index contributed by atoms with van der Waals surface area (Å²) in [6.45, 7) is 1.65. The van der Waals surface area contributed by atoms with E-state index in [1.165, 1.54) is 49.6 Å². The Hall–Kier alpha value is -4.78. The van der Waals surface area contributed by atoms with Crippen molar-refractivity contribution in [2.45, 2.75) is 44.4 Å². The van der Waals surface area contributed by atoms with Crippen molar-refractivity contribution in [3.63, 3.8) is 0 Å². The number of ether oxygens (including phenoxy) is 2. The minimum atomic E-state index is -4.64. The number of primary amides is 1. The summed E-state index contributed by atoms with van der Waals surface area (Å²) in [4.78, 5) is 34.2. The molecule has 46 heavy (non-hydrogen) atoms. The molecule has 5 rings (SSSR count). The van der Waals surface area contributed by atoms with Gasteiger partial charge in [-0.2, -0.15) is 13.2 Å². The van der Waals surface area contributed by atoms with Crippen molar-refractivity contribution in [1.82, 2.24) is 15.3 Å². The molecule has 1 fully saturated rings. The second-order valence-electron chi connectivity index (χ2n) is 11.1. The summed E-state index contributed by atoms with van der Waals surface area (Å²) in [5.74, 6) is -1.79. The smallest absolute Gasteiger partial charge is 0.417 e. The van der Waals surface area contributed by atoms with E-state index in [4.69, 9.17) is 20.2 Å². The number of hydrogen-bond donors (Lipinski definition) is 3. The highest BCUT2D eigenvalue weighted by Crippen LogP contribution is 2.44. The van der Waals surface area contributed by atoms with Gasteiger partial charge in [0.15, 0.2) is 0 Å². The van der Waals surface area contributed by atoms with Gasteiger partial charge in [-0.25, -0.2) is 9.37 Å². The summed E-state index contributed by atoms with van der Waals surface area (Å²) in [7, 11) is 1.31. The van der Waals surface area contributed by atoms with Gasteiger partial charge >= 0.3 is 6.18 Å². The van der Waals surface area contributed by atoms with E-state index in [0.29, 0.717) is 30.2 Å². The van der Waals surface area contributed by atoms with Crippen LogP contribution in [0.1, 0.15) is 53.4 Å². The number of nitrogens with one attached hydrogen (secondary N) is 1. The Kier molecular flexibility index (Phi) is 9.15. The van der Waals surface area contributed by atoms with Crippen LogP contribution in [0, 0.1) is 11.7 Å². The van der Waals surface area contributed by atoms with Gasteiger partial charge in [-0.05, 0) is 74.2 Å². The molecule has 2 amide bonds. The fourth-order valence-electron chi connectivity index (χ4n) is 5.54. The minimum Gasteiger partial charge on any atom is -0.494 e. The third-order valence-corrected chi connectivity index (χ3v) is 8.12. The average molecular weight is 641 g/mol. The van der Waals surface area contributed by atoms with Crippen molar-refractivity contribution in [1.29, 1.82) is 0 Å². The first kappa shape index (κ1) is 32.6. The van der Waals surface area contributed by atoms with Gasteiger partial charge in [0.25, 0.3) is 5.91 Å². The van der Waals surface area contributed by atoms with Gasteiger partial charge in [0.05, 0.1) is 37.9 Å². The van der Waals surface area contributed by atoms with E-state index in [1.54, 1.807) is 6.92 Å². The van der Waals surface area contributed by atoms with Gasteiger partial charge in [0.2, 0.25) is 5.91 Å². The van der Waals surface area contributed by atoms with Crippen LogP contribution in [-0.2, 0) is 23.0 Å². The zero-order valence-corrected chi connectivity index (χ0v) is 25.1. The Bertz CT molecular complexity index is 1780. The zero-order valence-electron chi connectivity index (χ0n) is 25.1. The van der Waals surface area contributed by atoms with Crippen molar-refractivity contribution in [2.75, 3.05) is 20.3 Å². The van der Waals surface area contributed by atoms with Crippen molar-refractivity contribution >= 4 is 22.7 Å². The van der Waals surface area contributed by atoms with E-state index >= 15 is 0 Å². The van der Waals surface area contributed by atoms with Gasteiger partial charge in [-0.15, -0.1) is 0 Å². The molecule has 0 radical (unpaired) electrons. The number of fused-ring (bicyclic) bond motifs is 1. The summed E-state index contributed by atoms with van der Waals surface area (Å²) in [6, 6.07) is 10.5. The number of carbonyl (C=O) groups is 2. The molecule has 0 spiro atoms. The number of benzene rings is 2. The predicted octanol–water partition coefficient (Wildman–Crippen LogP) is 5.31. The van der Waals surface area contributed by atoms with Crippen molar-refractivity contribution in [3.05, 3.63) is 82.9 Å². The molecule has 1 aliphatic rings. The first-order valence-electron chi connectivity index (χ1n) is 14.6. The zero-order chi connectivity index (χ0) is 33.2. The fraction of sp³-hybridized carbons (Fsp3) is 0.333. The Labute approximate surface area is 261 Å². The lowest BCUT2D eigenvalue weighted by atomic mass is 9.70. The fourth-order valence-corrected chi connectivity index (χ4v) is 5.54. The minimum absolute atomic E-state index is 0.0116. The number of alkyl halides is 3. The molecule has 242 valence electrons. The van der Waals surface area contributed by atoms with Crippen LogP contribution < -0.4 is 20.5 Å². The van der Waals surface area contributed by atoms with Crippen molar-refractivity contribution in [3.8, 4) is 22.8 Å². The maximum absolute atomic E-state index is 13.8. The number of aromatic nitrogens is 2. The molecular weight excluding hydrogens is 608 g/mol. The van der Waals surface area contributed by atoms with E-state index in [1.807, 2.05) is 0 Å². The Morgan fingerprint density at radius 1 is 1.11 bits per heavy atom. The van der Waals surface area contributed by atoms with Crippen LogP contribution in [0.15, 0.2) is 54.7 Å². The molecule has 2 aromatic heterocycles. The van der Waals surface area contributed by atoms with Crippen LogP contribution in [0.3, 0.4) is 0 Å². The molecule has 0 unspecified atom stereocenters. The number of amides is 2. The normalized spacial score (nSPS) is 14.8. The van der Waals surface area contributed by atoms with E-state index < -0.39 is 35.0 Å². The third-order valence-electron chi connectivity index (χ3n) is 8.12. The summed E-state index contributed by atoms with van der Waals surface area (Å²) < 4.78 is 65.1. The molecule has 4 N–H and O–H groups in total. The monoisotopic (exact) mass is 640 g/mol. The van der Waals surface area contributed by atoms with E-state index in [9.17, 15) is 32.3 Å². The van der Waals surface area contributed by atoms with Gasteiger partial charge in [-0.1, -0.05) is 6.42 Å². The number of nitrogens with two attached hydrogens (primary N) is 1. The standard InChI is InChI=1S/C33H32F4N4O5/c1-3-46-30-20(15-27(38)42)14-26(41-29(30)18-7-9-24(34)10-8-18)32(44,22-5-4-6-22)17-40-31(43)21-11-19-12-23(33(35,36)37)16-39-28(19)25(13-21)45-2/h7-14,16,22,44H,3-6,15,17H2,1-2H3,(H2,38,42)(H,40,43)/t32-/m1/s1.